The zero-order valence-corrected chi connectivity index (χ0v) is 10.6. The summed E-state index contributed by atoms with van der Waals surface area (Å²) in [6.07, 6.45) is -0.574. The molecular formula is C10H17NO3S. The maximum Gasteiger partial charge on any atom is 0.438 e. The minimum atomic E-state index is -0.629. The van der Waals surface area contributed by atoms with Crippen molar-refractivity contribution in [1.29, 1.82) is 0 Å². The summed E-state index contributed by atoms with van der Waals surface area (Å²) in [4.78, 5) is 14.4. The lowest BCUT2D eigenvalue weighted by Gasteiger charge is -2.41. The van der Waals surface area contributed by atoms with Gasteiger partial charge in [-0.3, -0.25) is 0 Å². The van der Waals surface area contributed by atoms with Gasteiger partial charge < -0.3 is 9.47 Å². The highest BCUT2D eigenvalue weighted by Crippen LogP contribution is 2.45. The molecule has 1 unspecified atom stereocenters. The normalized spacial score (nSPS) is 27.0. The average Bonchev–Trinajstić information content (AvgIpc) is 2.00. The second-order valence-electron chi connectivity index (χ2n) is 4.48. The number of hydrogen-bond donors (Lipinski definition) is 0. The first-order chi connectivity index (χ1) is 6.78. The number of amides is 1. The Morgan fingerprint density at radius 2 is 2.13 bits per heavy atom. The van der Waals surface area contributed by atoms with Gasteiger partial charge >= 0.3 is 6.09 Å². The number of aliphatic imine (C=N–C) groups is 1. The average molecular weight is 231 g/mol. The first-order valence-electron chi connectivity index (χ1n) is 4.92. The Kier molecular flexibility index (Phi) is 3.33. The van der Waals surface area contributed by atoms with Crippen molar-refractivity contribution in [3.05, 3.63) is 0 Å². The summed E-state index contributed by atoms with van der Waals surface area (Å²) in [6.45, 7) is 10.3. The number of thioether (sulfide) groups is 1. The molecule has 0 spiro atoms. The van der Waals surface area contributed by atoms with E-state index >= 15 is 0 Å². The third kappa shape index (κ3) is 2.65. The Hall–Kier alpha value is -0.710. The maximum atomic E-state index is 11.3. The zero-order valence-electron chi connectivity index (χ0n) is 9.79. The van der Waals surface area contributed by atoms with Crippen LogP contribution in [0.1, 0.15) is 34.6 Å². The number of ether oxygens (including phenoxy) is 2. The van der Waals surface area contributed by atoms with Gasteiger partial charge in [0.25, 0.3) is 5.23 Å². The van der Waals surface area contributed by atoms with Crippen molar-refractivity contribution in [2.75, 3.05) is 6.61 Å². The molecule has 86 valence electrons. The molecule has 1 atom stereocenters. The number of nitrogens with zero attached hydrogens (tertiary/aromatic N) is 1. The van der Waals surface area contributed by atoms with Crippen LogP contribution in [0.15, 0.2) is 4.99 Å². The molecule has 0 fully saturated rings. The number of hydrogen-bond acceptors (Lipinski definition) is 4. The molecule has 0 bridgehead atoms. The summed E-state index contributed by atoms with van der Waals surface area (Å²) >= 11 is 1.35. The first-order valence-corrected chi connectivity index (χ1v) is 5.73. The van der Waals surface area contributed by atoms with Gasteiger partial charge in [0, 0.05) is 5.41 Å². The summed E-state index contributed by atoms with van der Waals surface area (Å²) in [5.74, 6) is 0. The first kappa shape index (κ1) is 12.4. The molecule has 1 amide bonds. The molecule has 0 aromatic rings. The van der Waals surface area contributed by atoms with Gasteiger partial charge in [0.05, 0.1) is 6.61 Å². The van der Waals surface area contributed by atoms with E-state index in [1.54, 1.807) is 0 Å². The van der Waals surface area contributed by atoms with Gasteiger partial charge in [-0.15, -0.1) is 4.99 Å². The topological polar surface area (TPSA) is 47.9 Å². The van der Waals surface area contributed by atoms with Crippen molar-refractivity contribution in [3.63, 3.8) is 0 Å². The number of carbonyl (C=O) groups excluding carboxylic acids is 1. The Morgan fingerprint density at radius 3 is 2.60 bits per heavy atom. The summed E-state index contributed by atoms with van der Waals surface area (Å²) in [5.41, 5.74) is -0.175. The molecule has 0 aliphatic carbocycles. The Morgan fingerprint density at radius 1 is 1.53 bits per heavy atom. The molecule has 1 heterocycles. The SMILES string of the molecule is CCOC1=NC(=O)OC(C)(C(C)(C)C)S1. The minimum absolute atomic E-state index is 0.175. The number of cyclic esters (lactones) is 1. The van der Waals surface area contributed by atoms with Gasteiger partial charge in [-0.25, -0.2) is 4.79 Å². The van der Waals surface area contributed by atoms with Crippen molar-refractivity contribution < 1.29 is 14.3 Å². The van der Waals surface area contributed by atoms with E-state index < -0.39 is 11.0 Å². The van der Waals surface area contributed by atoms with Crippen LogP contribution in [0.3, 0.4) is 0 Å². The molecule has 0 aromatic heterocycles. The third-order valence-corrected chi connectivity index (χ3v) is 3.85. The lowest BCUT2D eigenvalue weighted by molar-refractivity contribution is 0.0210. The van der Waals surface area contributed by atoms with Crippen molar-refractivity contribution in [3.8, 4) is 0 Å². The van der Waals surface area contributed by atoms with Gasteiger partial charge in [-0.05, 0) is 25.6 Å². The predicted octanol–water partition coefficient (Wildman–Crippen LogP) is 3.02. The fourth-order valence-electron chi connectivity index (χ4n) is 0.966. The Labute approximate surface area is 94.4 Å². The van der Waals surface area contributed by atoms with Crippen LogP contribution in [0.5, 0.6) is 0 Å². The van der Waals surface area contributed by atoms with Crippen LogP contribution >= 0.6 is 11.8 Å². The molecule has 1 aliphatic heterocycles. The largest absolute Gasteiger partial charge is 0.473 e. The van der Waals surface area contributed by atoms with E-state index in [4.69, 9.17) is 9.47 Å². The molecule has 0 aromatic carbocycles. The highest BCUT2D eigenvalue weighted by molar-refractivity contribution is 8.14. The monoisotopic (exact) mass is 231 g/mol. The van der Waals surface area contributed by atoms with Crippen LogP contribution in [-0.2, 0) is 9.47 Å². The van der Waals surface area contributed by atoms with Crippen LogP contribution in [0.4, 0.5) is 4.79 Å². The molecule has 0 N–H and O–H groups in total. The summed E-state index contributed by atoms with van der Waals surface area (Å²) < 4.78 is 10.5. The van der Waals surface area contributed by atoms with E-state index in [1.807, 2.05) is 34.6 Å². The predicted molar refractivity (Wildman–Crippen MR) is 61.0 cm³/mol. The fourth-order valence-corrected chi connectivity index (χ4v) is 2.01. The summed E-state index contributed by atoms with van der Waals surface area (Å²) in [5, 5.41) is 0.395. The van der Waals surface area contributed by atoms with E-state index in [1.165, 1.54) is 11.8 Å². The third-order valence-electron chi connectivity index (χ3n) is 2.38. The van der Waals surface area contributed by atoms with Crippen molar-refractivity contribution in [1.82, 2.24) is 0 Å². The van der Waals surface area contributed by atoms with Crippen LogP contribution in [-0.4, -0.2) is 22.9 Å². The molecular weight excluding hydrogens is 214 g/mol. The number of carbonyl (C=O) groups is 1. The fraction of sp³-hybridized carbons (Fsp3) is 0.800. The van der Waals surface area contributed by atoms with Crippen LogP contribution in [0.25, 0.3) is 0 Å². The van der Waals surface area contributed by atoms with Crippen LogP contribution in [0.2, 0.25) is 0 Å². The van der Waals surface area contributed by atoms with E-state index in [0.29, 0.717) is 11.8 Å². The number of rotatable bonds is 1. The molecule has 1 rings (SSSR count). The molecule has 5 heteroatoms. The van der Waals surface area contributed by atoms with E-state index in [2.05, 4.69) is 4.99 Å². The van der Waals surface area contributed by atoms with Crippen LogP contribution < -0.4 is 0 Å². The van der Waals surface area contributed by atoms with E-state index in [0.717, 1.165) is 0 Å². The van der Waals surface area contributed by atoms with Crippen LogP contribution in [0, 0.1) is 5.41 Å². The van der Waals surface area contributed by atoms with Gasteiger partial charge in [0.1, 0.15) is 0 Å². The Balaban J connectivity index is 2.90. The van der Waals surface area contributed by atoms with Gasteiger partial charge in [-0.1, -0.05) is 20.8 Å². The minimum Gasteiger partial charge on any atom is -0.473 e. The lowest BCUT2D eigenvalue weighted by atomic mass is 9.89. The van der Waals surface area contributed by atoms with Crippen molar-refractivity contribution >= 4 is 23.1 Å². The van der Waals surface area contributed by atoms with E-state index in [9.17, 15) is 4.79 Å². The second-order valence-corrected chi connectivity index (χ2v) is 5.81. The molecule has 0 radical (unpaired) electrons. The van der Waals surface area contributed by atoms with E-state index in [-0.39, 0.29) is 5.41 Å². The quantitative estimate of drug-likeness (QED) is 0.696. The summed E-state index contributed by atoms with van der Waals surface area (Å²) in [7, 11) is 0. The maximum absolute atomic E-state index is 11.3. The highest BCUT2D eigenvalue weighted by Gasteiger charge is 2.46. The van der Waals surface area contributed by atoms with Crippen molar-refractivity contribution in [2.24, 2.45) is 10.4 Å². The van der Waals surface area contributed by atoms with Gasteiger partial charge in [0.15, 0.2) is 4.93 Å². The molecule has 15 heavy (non-hydrogen) atoms. The molecule has 4 nitrogen and oxygen atoms in total. The zero-order chi connectivity index (χ0) is 11.7. The smallest absolute Gasteiger partial charge is 0.438 e. The second kappa shape index (κ2) is 4.04. The van der Waals surface area contributed by atoms with Crippen molar-refractivity contribution in [2.45, 2.75) is 39.6 Å². The Bertz CT molecular complexity index is 296. The van der Waals surface area contributed by atoms with Gasteiger partial charge in [0.2, 0.25) is 0 Å². The molecule has 0 saturated carbocycles. The molecule has 1 aliphatic rings. The standard InChI is InChI=1S/C10H17NO3S/c1-6-13-8-11-7(12)14-10(5,15-8)9(2,3)4/h6H2,1-5H3. The highest BCUT2D eigenvalue weighted by atomic mass is 32.2. The summed E-state index contributed by atoms with van der Waals surface area (Å²) in [6, 6.07) is 0. The van der Waals surface area contributed by atoms with Gasteiger partial charge in [-0.2, -0.15) is 0 Å². The molecule has 0 saturated heterocycles. The lowest BCUT2D eigenvalue weighted by Crippen LogP contribution is -2.44.